The number of nitrogens with zero attached hydrogens (tertiary/aromatic N) is 2. The normalized spacial score (nSPS) is 23.7. The molecule has 4 heteroatoms. The van der Waals surface area contributed by atoms with Gasteiger partial charge in [-0.3, -0.25) is 4.79 Å². The van der Waals surface area contributed by atoms with Crippen LogP contribution >= 0.6 is 0 Å². The summed E-state index contributed by atoms with van der Waals surface area (Å²) in [6, 6.07) is 2.13. The second-order valence-corrected chi connectivity index (χ2v) is 5.07. The number of hydrogen-bond acceptors (Lipinski definition) is 3. The second-order valence-electron chi connectivity index (χ2n) is 5.07. The van der Waals surface area contributed by atoms with E-state index >= 15 is 0 Å². The second kappa shape index (κ2) is 4.82. The number of aromatic nitrogens is 2. The Labute approximate surface area is 102 Å². The zero-order valence-electron chi connectivity index (χ0n) is 10.7. The quantitative estimate of drug-likeness (QED) is 0.850. The highest BCUT2D eigenvalue weighted by Gasteiger charge is 2.23. The van der Waals surface area contributed by atoms with Crippen LogP contribution in [0.4, 0.5) is 0 Å². The summed E-state index contributed by atoms with van der Waals surface area (Å²) < 4.78 is 0. The van der Waals surface area contributed by atoms with Crippen molar-refractivity contribution in [1.82, 2.24) is 15.5 Å². The van der Waals surface area contributed by atoms with E-state index in [1.54, 1.807) is 6.07 Å². The lowest BCUT2D eigenvalue weighted by atomic mass is 10.1. The van der Waals surface area contributed by atoms with Gasteiger partial charge in [0.05, 0.1) is 17.0 Å². The Morgan fingerprint density at radius 1 is 1.35 bits per heavy atom. The van der Waals surface area contributed by atoms with Crippen LogP contribution in [0.1, 0.15) is 47.9 Å². The first-order chi connectivity index (χ1) is 8.06. The molecule has 1 aromatic heterocycles. The number of carbonyl (C=O) groups excluding carboxylic acids is 1. The maximum absolute atomic E-state index is 12.1. The fourth-order valence-corrected chi connectivity index (χ4v) is 2.38. The Hall–Kier alpha value is -1.45. The van der Waals surface area contributed by atoms with Crippen LogP contribution in [0.2, 0.25) is 0 Å². The Bertz CT molecular complexity index is 431. The zero-order chi connectivity index (χ0) is 12.4. The van der Waals surface area contributed by atoms with Crippen LogP contribution in [0, 0.1) is 19.8 Å². The third-order valence-corrected chi connectivity index (χ3v) is 3.38. The van der Waals surface area contributed by atoms with E-state index in [-0.39, 0.29) is 5.91 Å². The highest BCUT2D eigenvalue weighted by molar-refractivity contribution is 5.95. The van der Waals surface area contributed by atoms with Gasteiger partial charge in [-0.15, -0.1) is 0 Å². The summed E-state index contributed by atoms with van der Waals surface area (Å²) in [5.41, 5.74) is 2.12. The van der Waals surface area contributed by atoms with E-state index in [2.05, 4.69) is 22.4 Å². The van der Waals surface area contributed by atoms with Gasteiger partial charge in [-0.1, -0.05) is 6.92 Å². The highest BCUT2D eigenvalue weighted by atomic mass is 16.1. The third kappa shape index (κ3) is 2.81. The van der Waals surface area contributed by atoms with Crippen molar-refractivity contribution in [3.8, 4) is 0 Å². The van der Waals surface area contributed by atoms with Crippen LogP contribution in [-0.4, -0.2) is 22.1 Å². The van der Waals surface area contributed by atoms with Crippen LogP contribution in [0.3, 0.4) is 0 Å². The number of carbonyl (C=O) groups is 1. The van der Waals surface area contributed by atoms with Gasteiger partial charge in [0, 0.05) is 6.04 Å². The monoisotopic (exact) mass is 233 g/mol. The van der Waals surface area contributed by atoms with E-state index in [0.29, 0.717) is 17.3 Å². The molecule has 1 heterocycles. The number of rotatable bonds is 2. The molecule has 1 saturated carbocycles. The standard InChI is InChI=1S/C13H19N3O/c1-8-4-5-11(6-8)14-13(17)12-7-9(2)15-16-10(12)3/h7-8,11H,4-6H2,1-3H3,(H,14,17). The van der Waals surface area contributed by atoms with Crippen molar-refractivity contribution in [2.45, 2.75) is 46.1 Å². The Kier molecular flexibility index (Phi) is 3.41. The molecule has 1 aliphatic rings. The van der Waals surface area contributed by atoms with Crippen molar-refractivity contribution in [3.63, 3.8) is 0 Å². The predicted octanol–water partition coefficient (Wildman–Crippen LogP) is 2.01. The van der Waals surface area contributed by atoms with Crippen LogP contribution in [0.25, 0.3) is 0 Å². The van der Waals surface area contributed by atoms with Gasteiger partial charge in [0.15, 0.2) is 0 Å². The van der Waals surface area contributed by atoms with Crippen LogP contribution in [-0.2, 0) is 0 Å². The Morgan fingerprint density at radius 2 is 2.12 bits per heavy atom. The average molecular weight is 233 g/mol. The van der Waals surface area contributed by atoms with E-state index in [1.165, 1.54) is 6.42 Å². The largest absolute Gasteiger partial charge is 0.349 e. The number of amides is 1. The molecule has 92 valence electrons. The molecule has 1 fully saturated rings. The number of nitrogens with one attached hydrogen (secondary N) is 1. The molecular formula is C13H19N3O. The van der Waals surface area contributed by atoms with Crippen molar-refractivity contribution in [1.29, 1.82) is 0 Å². The number of aryl methyl sites for hydroxylation is 2. The molecule has 1 amide bonds. The third-order valence-electron chi connectivity index (χ3n) is 3.38. The first-order valence-electron chi connectivity index (χ1n) is 6.18. The summed E-state index contributed by atoms with van der Waals surface area (Å²) in [6.45, 7) is 5.90. The van der Waals surface area contributed by atoms with Gasteiger partial charge in [-0.05, 0) is 45.1 Å². The fourth-order valence-electron chi connectivity index (χ4n) is 2.38. The van der Waals surface area contributed by atoms with E-state index in [4.69, 9.17) is 0 Å². The van der Waals surface area contributed by atoms with Crippen molar-refractivity contribution < 1.29 is 4.79 Å². The van der Waals surface area contributed by atoms with Crippen LogP contribution in [0.5, 0.6) is 0 Å². The molecule has 0 saturated heterocycles. The molecule has 2 rings (SSSR count). The first kappa shape index (κ1) is 12.0. The SMILES string of the molecule is Cc1cc(C(=O)NC2CCC(C)C2)c(C)nn1. The minimum atomic E-state index is -0.0143. The molecule has 1 aromatic rings. The summed E-state index contributed by atoms with van der Waals surface area (Å²) >= 11 is 0. The van der Waals surface area contributed by atoms with Gasteiger partial charge >= 0.3 is 0 Å². The molecule has 4 nitrogen and oxygen atoms in total. The maximum Gasteiger partial charge on any atom is 0.253 e. The molecule has 17 heavy (non-hydrogen) atoms. The molecular weight excluding hydrogens is 214 g/mol. The molecule has 2 unspecified atom stereocenters. The average Bonchev–Trinajstić information content (AvgIpc) is 2.67. The van der Waals surface area contributed by atoms with Gasteiger partial charge < -0.3 is 5.32 Å². The van der Waals surface area contributed by atoms with Crippen LogP contribution < -0.4 is 5.32 Å². The molecule has 0 radical (unpaired) electrons. The molecule has 0 aliphatic heterocycles. The fraction of sp³-hybridized carbons (Fsp3) is 0.615. The minimum Gasteiger partial charge on any atom is -0.349 e. The van der Waals surface area contributed by atoms with Gasteiger partial charge in [-0.25, -0.2) is 0 Å². The summed E-state index contributed by atoms with van der Waals surface area (Å²) in [4.78, 5) is 12.1. The van der Waals surface area contributed by atoms with Gasteiger partial charge in [0.25, 0.3) is 5.91 Å². The van der Waals surface area contributed by atoms with Crippen LogP contribution in [0.15, 0.2) is 6.07 Å². The molecule has 0 bridgehead atoms. The summed E-state index contributed by atoms with van der Waals surface area (Å²) in [5, 5.41) is 11.0. The molecule has 1 aliphatic carbocycles. The van der Waals surface area contributed by atoms with E-state index in [9.17, 15) is 4.79 Å². The van der Waals surface area contributed by atoms with E-state index in [1.807, 2.05) is 13.8 Å². The highest BCUT2D eigenvalue weighted by Crippen LogP contribution is 2.24. The van der Waals surface area contributed by atoms with Crippen molar-refractivity contribution in [2.75, 3.05) is 0 Å². The Balaban J connectivity index is 2.06. The van der Waals surface area contributed by atoms with Gasteiger partial charge in [0.2, 0.25) is 0 Å². The smallest absolute Gasteiger partial charge is 0.253 e. The van der Waals surface area contributed by atoms with Gasteiger partial charge in [0.1, 0.15) is 0 Å². The Morgan fingerprint density at radius 3 is 2.76 bits per heavy atom. The van der Waals surface area contributed by atoms with E-state index < -0.39 is 0 Å². The molecule has 0 spiro atoms. The predicted molar refractivity (Wildman–Crippen MR) is 65.8 cm³/mol. The zero-order valence-corrected chi connectivity index (χ0v) is 10.7. The summed E-state index contributed by atoms with van der Waals surface area (Å²) in [5.74, 6) is 0.707. The summed E-state index contributed by atoms with van der Waals surface area (Å²) in [7, 11) is 0. The van der Waals surface area contributed by atoms with E-state index in [0.717, 1.165) is 24.5 Å². The first-order valence-corrected chi connectivity index (χ1v) is 6.18. The lowest BCUT2D eigenvalue weighted by molar-refractivity contribution is 0.0936. The molecule has 0 aromatic carbocycles. The molecule has 2 atom stereocenters. The maximum atomic E-state index is 12.1. The van der Waals surface area contributed by atoms with Gasteiger partial charge in [-0.2, -0.15) is 10.2 Å². The lowest BCUT2D eigenvalue weighted by Crippen LogP contribution is -2.33. The van der Waals surface area contributed by atoms with Crippen molar-refractivity contribution in [2.24, 2.45) is 5.92 Å². The minimum absolute atomic E-state index is 0.0143. The topological polar surface area (TPSA) is 54.9 Å². The number of hydrogen-bond donors (Lipinski definition) is 1. The molecule has 1 N–H and O–H groups in total. The summed E-state index contributed by atoms with van der Waals surface area (Å²) in [6.07, 6.45) is 3.38. The van der Waals surface area contributed by atoms with Crippen molar-refractivity contribution >= 4 is 5.91 Å². The lowest BCUT2D eigenvalue weighted by Gasteiger charge is -2.13. The van der Waals surface area contributed by atoms with Crippen molar-refractivity contribution in [3.05, 3.63) is 23.0 Å².